The van der Waals surface area contributed by atoms with Gasteiger partial charge in [-0.25, -0.2) is 0 Å². The minimum Gasteiger partial charge on any atom is -0.456 e. The van der Waals surface area contributed by atoms with Crippen LogP contribution in [0.4, 0.5) is 17.1 Å². The lowest BCUT2D eigenvalue weighted by atomic mass is 9.72. The van der Waals surface area contributed by atoms with E-state index in [1.54, 1.807) is 0 Å². The van der Waals surface area contributed by atoms with Crippen LogP contribution in [0, 0.1) is 11.8 Å². The summed E-state index contributed by atoms with van der Waals surface area (Å²) in [5, 5.41) is 2.23. The molecule has 0 amide bonds. The van der Waals surface area contributed by atoms with E-state index in [1.807, 2.05) is 30.3 Å². The Labute approximate surface area is 274 Å². The maximum atomic E-state index is 6.46. The first-order valence-corrected chi connectivity index (χ1v) is 15.9. The van der Waals surface area contributed by atoms with Crippen molar-refractivity contribution in [2.45, 2.75) is 5.41 Å². The molecule has 2 heteroatoms. The first-order chi connectivity index (χ1) is 23.3. The Kier molecular flexibility index (Phi) is 6.30. The van der Waals surface area contributed by atoms with Crippen LogP contribution in [0.1, 0.15) is 22.3 Å². The number of anilines is 3. The molecule has 1 aliphatic rings. The van der Waals surface area contributed by atoms with Crippen LogP contribution in [0.2, 0.25) is 0 Å². The predicted octanol–water partition coefficient (Wildman–Crippen LogP) is 11.4. The number of hydrogen-bond donors (Lipinski definition) is 0. The van der Waals surface area contributed by atoms with Crippen LogP contribution in [0.5, 0.6) is 0 Å². The lowest BCUT2D eigenvalue weighted by molar-refractivity contribution is 0.667. The number of para-hydroxylation sites is 3. The van der Waals surface area contributed by atoms with E-state index in [9.17, 15) is 0 Å². The van der Waals surface area contributed by atoms with E-state index in [0.29, 0.717) is 0 Å². The Bertz CT molecular complexity index is 2430. The molecule has 7 aromatic carbocycles. The van der Waals surface area contributed by atoms with Crippen molar-refractivity contribution in [3.8, 4) is 23.0 Å². The molecule has 0 fully saturated rings. The van der Waals surface area contributed by atoms with E-state index in [2.05, 4.69) is 162 Å². The highest BCUT2D eigenvalue weighted by molar-refractivity contribution is 6.05. The summed E-state index contributed by atoms with van der Waals surface area (Å²) in [7, 11) is 0. The van der Waals surface area contributed by atoms with Crippen LogP contribution < -0.4 is 4.90 Å². The molecule has 1 aliphatic carbocycles. The van der Waals surface area contributed by atoms with Gasteiger partial charge in [-0.05, 0) is 76.9 Å². The van der Waals surface area contributed by atoms with Crippen molar-refractivity contribution in [3.05, 3.63) is 198 Å². The molecule has 220 valence electrons. The third kappa shape index (κ3) is 4.29. The van der Waals surface area contributed by atoms with Gasteiger partial charge in [0.1, 0.15) is 16.6 Å². The summed E-state index contributed by atoms with van der Waals surface area (Å²) in [6, 6.07) is 61.8. The second kappa shape index (κ2) is 10.9. The maximum absolute atomic E-state index is 6.46. The number of nitrogens with zero attached hydrogens (tertiary/aromatic N) is 1. The second-order valence-corrected chi connectivity index (χ2v) is 11.9. The molecule has 0 bridgehead atoms. The highest BCUT2D eigenvalue weighted by Crippen LogP contribution is 2.57. The van der Waals surface area contributed by atoms with Gasteiger partial charge in [-0.3, -0.25) is 0 Å². The average molecular weight is 600 g/mol. The van der Waals surface area contributed by atoms with Gasteiger partial charge in [-0.2, -0.15) is 0 Å². The normalized spacial score (nSPS) is 14.7. The van der Waals surface area contributed by atoms with Crippen molar-refractivity contribution in [1.82, 2.24) is 0 Å². The summed E-state index contributed by atoms with van der Waals surface area (Å²) in [4.78, 5) is 2.36. The minimum atomic E-state index is -0.746. The molecule has 8 aromatic rings. The smallest absolute Gasteiger partial charge is 0.135 e. The number of furan rings is 1. The Balaban J connectivity index is 1.37. The van der Waals surface area contributed by atoms with Gasteiger partial charge >= 0.3 is 0 Å². The quantitative estimate of drug-likeness (QED) is 0.187. The van der Waals surface area contributed by atoms with Gasteiger partial charge in [-0.1, -0.05) is 133 Å². The summed E-state index contributed by atoms with van der Waals surface area (Å²) in [6.07, 6.45) is 0. The Morgan fingerprint density at radius 2 is 1.11 bits per heavy atom. The van der Waals surface area contributed by atoms with Gasteiger partial charge < -0.3 is 9.32 Å². The molecule has 47 heavy (non-hydrogen) atoms. The van der Waals surface area contributed by atoms with E-state index in [0.717, 1.165) is 55.7 Å². The minimum absolute atomic E-state index is 0.746. The summed E-state index contributed by atoms with van der Waals surface area (Å²) in [6.45, 7) is 0. The summed E-state index contributed by atoms with van der Waals surface area (Å²) >= 11 is 0. The van der Waals surface area contributed by atoms with Crippen LogP contribution in [-0.4, -0.2) is 0 Å². The SMILES string of the molecule is C(#CC1(c2ccc3c(c2)oc2ccccc23)c2ccccc2-c2c(N(c3ccccc3)c3ccccc3)cccc21)c1ccccc1. The number of benzene rings is 7. The van der Waals surface area contributed by atoms with Crippen molar-refractivity contribution in [2.75, 3.05) is 4.90 Å². The highest BCUT2D eigenvalue weighted by Gasteiger charge is 2.45. The summed E-state index contributed by atoms with van der Waals surface area (Å²) < 4.78 is 6.46. The lowest BCUT2D eigenvalue weighted by Crippen LogP contribution is -2.25. The molecule has 0 radical (unpaired) electrons. The van der Waals surface area contributed by atoms with Gasteiger partial charge in [0.25, 0.3) is 0 Å². The molecule has 0 saturated heterocycles. The van der Waals surface area contributed by atoms with E-state index >= 15 is 0 Å². The van der Waals surface area contributed by atoms with Crippen LogP contribution in [0.15, 0.2) is 180 Å². The number of rotatable bonds is 4. The van der Waals surface area contributed by atoms with Gasteiger partial charge in [0.05, 0.1) is 5.69 Å². The molecule has 0 spiro atoms. The number of fused-ring (bicyclic) bond motifs is 6. The summed E-state index contributed by atoms with van der Waals surface area (Å²) in [5.41, 5.74) is 11.1. The molecule has 1 unspecified atom stereocenters. The van der Waals surface area contributed by atoms with Crippen molar-refractivity contribution in [1.29, 1.82) is 0 Å². The van der Waals surface area contributed by atoms with Crippen LogP contribution in [-0.2, 0) is 5.41 Å². The van der Waals surface area contributed by atoms with Crippen molar-refractivity contribution in [3.63, 3.8) is 0 Å². The summed E-state index contributed by atoms with van der Waals surface area (Å²) in [5.74, 6) is 7.47. The molecule has 1 aromatic heterocycles. The zero-order chi connectivity index (χ0) is 31.2. The fourth-order valence-corrected chi connectivity index (χ4v) is 7.24. The van der Waals surface area contributed by atoms with Gasteiger partial charge in [-0.15, -0.1) is 0 Å². The fraction of sp³-hybridized carbons (Fsp3) is 0.0222. The first kappa shape index (κ1) is 27.0. The van der Waals surface area contributed by atoms with Crippen molar-refractivity contribution < 1.29 is 4.42 Å². The molecular formula is C45H29NO. The van der Waals surface area contributed by atoms with Crippen LogP contribution in [0.25, 0.3) is 33.1 Å². The third-order valence-electron chi connectivity index (χ3n) is 9.30. The molecular weight excluding hydrogens is 571 g/mol. The molecule has 0 aliphatic heterocycles. The largest absolute Gasteiger partial charge is 0.456 e. The van der Waals surface area contributed by atoms with Gasteiger partial charge in [0, 0.05) is 33.3 Å². The second-order valence-electron chi connectivity index (χ2n) is 11.9. The first-order valence-electron chi connectivity index (χ1n) is 15.9. The average Bonchev–Trinajstić information content (AvgIpc) is 3.66. The van der Waals surface area contributed by atoms with Crippen molar-refractivity contribution in [2.24, 2.45) is 0 Å². The van der Waals surface area contributed by atoms with Crippen LogP contribution >= 0.6 is 0 Å². The maximum Gasteiger partial charge on any atom is 0.135 e. The molecule has 0 saturated carbocycles. The van der Waals surface area contributed by atoms with Gasteiger partial charge in [0.15, 0.2) is 0 Å². The molecule has 2 nitrogen and oxygen atoms in total. The van der Waals surface area contributed by atoms with Gasteiger partial charge in [0.2, 0.25) is 0 Å². The van der Waals surface area contributed by atoms with Crippen molar-refractivity contribution >= 4 is 39.0 Å². The molecule has 1 atom stereocenters. The lowest BCUT2D eigenvalue weighted by Gasteiger charge is -2.30. The Hall–Kier alpha value is -6.30. The van der Waals surface area contributed by atoms with E-state index in [-0.39, 0.29) is 0 Å². The zero-order valence-electron chi connectivity index (χ0n) is 25.6. The topological polar surface area (TPSA) is 16.4 Å². The van der Waals surface area contributed by atoms with E-state index < -0.39 is 5.41 Å². The fourth-order valence-electron chi connectivity index (χ4n) is 7.24. The third-order valence-corrected chi connectivity index (χ3v) is 9.30. The molecule has 9 rings (SSSR count). The Morgan fingerprint density at radius 1 is 0.489 bits per heavy atom. The molecule has 1 heterocycles. The highest BCUT2D eigenvalue weighted by atomic mass is 16.3. The Morgan fingerprint density at radius 3 is 1.87 bits per heavy atom. The van der Waals surface area contributed by atoms with E-state index in [1.165, 1.54) is 16.7 Å². The monoisotopic (exact) mass is 599 g/mol. The van der Waals surface area contributed by atoms with Crippen LogP contribution in [0.3, 0.4) is 0 Å². The molecule has 0 N–H and O–H groups in total. The zero-order valence-corrected chi connectivity index (χ0v) is 25.6. The predicted molar refractivity (Wildman–Crippen MR) is 193 cm³/mol. The standard InChI is InChI=1S/C45H29NO/c1-4-15-32(16-5-1)29-30-45(33-27-28-37-36-21-11-13-26-42(36)47-43(37)31-33)39-23-12-10-22-38(39)44-40(45)24-14-25-41(44)46(34-17-6-2-7-18-34)35-19-8-3-9-20-35/h1-28,31H. The number of hydrogen-bond acceptors (Lipinski definition) is 2. The van der Waals surface area contributed by atoms with E-state index in [4.69, 9.17) is 4.42 Å².